The van der Waals surface area contributed by atoms with Gasteiger partial charge in [0.2, 0.25) is 5.91 Å². The SMILES string of the molecule is COc1ccc(C(C#N)N2CCN(C(=O)CCNC(=O)c3cccs3)CC2)cc1. The van der Waals surface area contributed by atoms with Crippen molar-refractivity contribution < 1.29 is 14.3 Å². The zero-order valence-electron chi connectivity index (χ0n) is 16.3. The summed E-state index contributed by atoms with van der Waals surface area (Å²) in [6.45, 7) is 2.75. The van der Waals surface area contributed by atoms with Crippen molar-refractivity contribution in [1.82, 2.24) is 15.1 Å². The summed E-state index contributed by atoms with van der Waals surface area (Å²) in [4.78, 5) is 28.9. The van der Waals surface area contributed by atoms with Gasteiger partial charge in [0.15, 0.2) is 0 Å². The van der Waals surface area contributed by atoms with E-state index in [0.29, 0.717) is 37.6 Å². The van der Waals surface area contributed by atoms with Crippen molar-refractivity contribution in [3.05, 3.63) is 52.2 Å². The lowest BCUT2D eigenvalue weighted by Crippen LogP contribution is -2.50. The van der Waals surface area contributed by atoms with Crippen molar-refractivity contribution in [2.75, 3.05) is 39.8 Å². The minimum atomic E-state index is -0.344. The van der Waals surface area contributed by atoms with Crippen molar-refractivity contribution in [3.63, 3.8) is 0 Å². The van der Waals surface area contributed by atoms with E-state index in [1.54, 1.807) is 18.1 Å². The van der Waals surface area contributed by atoms with Crippen LogP contribution in [0.4, 0.5) is 0 Å². The van der Waals surface area contributed by atoms with Gasteiger partial charge in [-0.15, -0.1) is 11.3 Å². The molecule has 1 unspecified atom stereocenters. The highest BCUT2D eigenvalue weighted by Gasteiger charge is 2.27. The Kier molecular flexibility index (Phi) is 7.22. The molecule has 152 valence electrons. The quantitative estimate of drug-likeness (QED) is 0.754. The van der Waals surface area contributed by atoms with E-state index in [2.05, 4.69) is 16.3 Å². The average Bonchev–Trinajstić information content (AvgIpc) is 3.30. The Labute approximate surface area is 174 Å². The molecule has 1 aromatic carbocycles. The molecule has 8 heteroatoms. The largest absolute Gasteiger partial charge is 0.497 e. The van der Waals surface area contributed by atoms with E-state index in [4.69, 9.17) is 4.74 Å². The molecule has 0 aliphatic carbocycles. The number of carbonyl (C=O) groups excluding carboxylic acids is 2. The number of amides is 2. The van der Waals surface area contributed by atoms with Gasteiger partial charge >= 0.3 is 0 Å². The molecule has 1 fully saturated rings. The van der Waals surface area contributed by atoms with Crippen LogP contribution in [0.25, 0.3) is 0 Å². The molecule has 1 aliphatic rings. The number of benzene rings is 1. The van der Waals surface area contributed by atoms with Gasteiger partial charge in [-0.05, 0) is 29.1 Å². The highest BCUT2D eigenvalue weighted by Crippen LogP contribution is 2.24. The molecular formula is C21H24N4O3S. The van der Waals surface area contributed by atoms with Gasteiger partial charge in [-0.25, -0.2) is 0 Å². The number of piperazine rings is 1. The van der Waals surface area contributed by atoms with E-state index in [9.17, 15) is 14.9 Å². The summed E-state index contributed by atoms with van der Waals surface area (Å²) in [5.74, 6) is 0.634. The van der Waals surface area contributed by atoms with Crippen LogP contribution in [0.5, 0.6) is 5.75 Å². The zero-order valence-corrected chi connectivity index (χ0v) is 17.2. The number of thiophene rings is 1. The highest BCUT2D eigenvalue weighted by atomic mass is 32.1. The van der Waals surface area contributed by atoms with Crippen LogP contribution < -0.4 is 10.1 Å². The number of ether oxygens (including phenoxy) is 1. The molecular weight excluding hydrogens is 388 g/mol. The van der Waals surface area contributed by atoms with Gasteiger partial charge in [0.1, 0.15) is 11.8 Å². The molecule has 2 amide bonds. The van der Waals surface area contributed by atoms with Gasteiger partial charge < -0.3 is 15.0 Å². The Balaban J connectivity index is 1.45. The molecule has 0 radical (unpaired) electrons. The number of hydrogen-bond acceptors (Lipinski definition) is 6. The molecule has 3 rings (SSSR count). The maximum Gasteiger partial charge on any atom is 0.261 e. The predicted octanol–water partition coefficient (Wildman–Crippen LogP) is 2.29. The Hall–Kier alpha value is -2.89. The monoisotopic (exact) mass is 412 g/mol. The molecule has 29 heavy (non-hydrogen) atoms. The Bertz CT molecular complexity index is 853. The predicted molar refractivity (Wildman–Crippen MR) is 111 cm³/mol. The van der Waals surface area contributed by atoms with Gasteiger partial charge in [-0.2, -0.15) is 5.26 Å². The van der Waals surface area contributed by atoms with Crippen LogP contribution in [0.1, 0.15) is 27.7 Å². The fraction of sp³-hybridized carbons (Fsp3) is 0.381. The summed E-state index contributed by atoms with van der Waals surface area (Å²) < 4.78 is 5.17. The highest BCUT2D eigenvalue weighted by molar-refractivity contribution is 7.12. The van der Waals surface area contributed by atoms with Gasteiger partial charge in [-0.3, -0.25) is 14.5 Å². The third-order valence-corrected chi connectivity index (χ3v) is 5.82. The van der Waals surface area contributed by atoms with Crippen LogP contribution in [-0.2, 0) is 4.79 Å². The molecule has 1 aliphatic heterocycles. The maximum atomic E-state index is 12.4. The molecule has 1 saturated heterocycles. The number of nitrogens with zero attached hydrogens (tertiary/aromatic N) is 3. The fourth-order valence-corrected chi connectivity index (χ4v) is 3.96. The Morgan fingerprint density at radius 1 is 1.21 bits per heavy atom. The van der Waals surface area contributed by atoms with Crippen LogP contribution in [0.3, 0.4) is 0 Å². The first-order chi connectivity index (χ1) is 14.1. The Morgan fingerprint density at radius 2 is 1.93 bits per heavy atom. The van der Waals surface area contributed by atoms with Crippen molar-refractivity contribution in [2.45, 2.75) is 12.5 Å². The summed E-state index contributed by atoms with van der Waals surface area (Å²) in [6.07, 6.45) is 0.275. The minimum absolute atomic E-state index is 0.0223. The Morgan fingerprint density at radius 3 is 2.52 bits per heavy atom. The third-order valence-electron chi connectivity index (χ3n) is 4.96. The maximum absolute atomic E-state index is 12.4. The molecule has 1 aromatic heterocycles. The van der Waals surface area contributed by atoms with E-state index in [-0.39, 0.29) is 24.3 Å². The lowest BCUT2D eigenvalue weighted by Gasteiger charge is -2.37. The number of carbonyl (C=O) groups is 2. The molecule has 0 bridgehead atoms. The molecule has 2 aromatic rings. The van der Waals surface area contributed by atoms with E-state index in [0.717, 1.165) is 11.3 Å². The van der Waals surface area contributed by atoms with E-state index in [1.807, 2.05) is 35.7 Å². The number of rotatable bonds is 7. The molecule has 0 saturated carbocycles. The summed E-state index contributed by atoms with van der Waals surface area (Å²) in [7, 11) is 1.61. The first-order valence-electron chi connectivity index (χ1n) is 9.49. The number of nitrogens with one attached hydrogen (secondary N) is 1. The lowest BCUT2D eigenvalue weighted by atomic mass is 10.1. The van der Waals surface area contributed by atoms with Crippen LogP contribution in [0.15, 0.2) is 41.8 Å². The summed E-state index contributed by atoms with van der Waals surface area (Å²) in [5, 5.41) is 14.3. The van der Waals surface area contributed by atoms with E-state index < -0.39 is 0 Å². The van der Waals surface area contributed by atoms with Crippen LogP contribution >= 0.6 is 11.3 Å². The third kappa shape index (κ3) is 5.34. The fourth-order valence-electron chi connectivity index (χ4n) is 3.32. The van der Waals surface area contributed by atoms with Crippen molar-refractivity contribution in [1.29, 1.82) is 5.26 Å². The van der Waals surface area contributed by atoms with Crippen LogP contribution in [-0.4, -0.2) is 61.4 Å². The van der Waals surface area contributed by atoms with Gasteiger partial charge in [0, 0.05) is 39.1 Å². The summed E-state index contributed by atoms with van der Waals surface area (Å²) >= 11 is 1.38. The second kappa shape index (κ2) is 10.0. The van der Waals surface area contributed by atoms with E-state index >= 15 is 0 Å². The van der Waals surface area contributed by atoms with Crippen molar-refractivity contribution in [2.24, 2.45) is 0 Å². The van der Waals surface area contributed by atoms with Crippen LogP contribution in [0.2, 0.25) is 0 Å². The first kappa shape index (κ1) is 20.8. The average molecular weight is 413 g/mol. The molecule has 7 nitrogen and oxygen atoms in total. The molecule has 1 atom stereocenters. The molecule has 1 N–H and O–H groups in total. The summed E-state index contributed by atoms with van der Waals surface area (Å²) in [6, 6.07) is 13.1. The second-order valence-corrected chi connectivity index (χ2v) is 7.65. The standard InChI is InChI=1S/C21H24N4O3S/c1-28-17-6-4-16(5-7-17)18(15-22)24-10-12-25(13-11-24)20(26)8-9-23-21(27)19-3-2-14-29-19/h2-7,14,18H,8-13H2,1H3,(H,23,27). The lowest BCUT2D eigenvalue weighted by molar-refractivity contribution is -0.133. The number of nitriles is 1. The summed E-state index contributed by atoms with van der Waals surface area (Å²) in [5.41, 5.74) is 0.921. The molecule has 2 heterocycles. The zero-order chi connectivity index (χ0) is 20.6. The van der Waals surface area contributed by atoms with Crippen molar-refractivity contribution in [3.8, 4) is 11.8 Å². The second-order valence-electron chi connectivity index (χ2n) is 6.70. The smallest absolute Gasteiger partial charge is 0.261 e. The van der Waals surface area contributed by atoms with Crippen LogP contribution in [0, 0.1) is 11.3 Å². The topological polar surface area (TPSA) is 85.7 Å². The number of hydrogen-bond donors (Lipinski definition) is 1. The van der Waals surface area contributed by atoms with Gasteiger partial charge in [0.05, 0.1) is 18.1 Å². The number of methoxy groups -OCH3 is 1. The minimum Gasteiger partial charge on any atom is -0.497 e. The van der Waals surface area contributed by atoms with Gasteiger partial charge in [-0.1, -0.05) is 18.2 Å². The van der Waals surface area contributed by atoms with E-state index in [1.165, 1.54) is 11.3 Å². The normalized spacial score (nSPS) is 15.4. The van der Waals surface area contributed by atoms with Crippen molar-refractivity contribution >= 4 is 23.2 Å². The first-order valence-corrected chi connectivity index (χ1v) is 10.4. The molecule has 0 spiro atoms. The van der Waals surface area contributed by atoms with Gasteiger partial charge in [0.25, 0.3) is 5.91 Å².